The van der Waals surface area contributed by atoms with Gasteiger partial charge in [-0.1, -0.05) is 64.5 Å². The van der Waals surface area contributed by atoms with Gasteiger partial charge in [0.2, 0.25) is 4.80 Å². The van der Waals surface area contributed by atoms with E-state index < -0.39 is 0 Å². The summed E-state index contributed by atoms with van der Waals surface area (Å²) < 4.78 is 2.91. The fraction of sp³-hybridized carbons (Fsp3) is 0.0588. The Hall–Kier alpha value is -1.98. The molecule has 1 aromatic heterocycles. The molecular weight excluding hydrogens is 358 g/mol. The molecule has 0 aliphatic carbocycles. The third-order valence-corrected chi connectivity index (χ3v) is 4.75. The lowest BCUT2D eigenvalue weighted by molar-refractivity contribution is 0.848. The zero-order chi connectivity index (χ0) is 15.4. The summed E-state index contributed by atoms with van der Waals surface area (Å²) in [5.74, 6) is 0. The summed E-state index contributed by atoms with van der Waals surface area (Å²) in [6.07, 6.45) is 1.85. The Morgan fingerprint density at radius 1 is 1.05 bits per heavy atom. The van der Waals surface area contributed by atoms with Crippen LogP contribution >= 0.6 is 27.3 Å². The van der Waals surface area contributed by atoms with Crippen LogP contribution in [0.4, 0.5) is 0 Å². The summed E-state index contributed by atoms with van der Waals surface area (Å²) in [6.45, 7) is 0. The van der Waals surface area contributed by atoms with E-state index in [1.54, 1.807) is 18.4 Å². The van der Waals surface area contributed by atoms with Crippen LogP contribution in [0.2, 0.25) is 0 Å². The van der Waals surface area contributed by atoms with Crippen molar-refractivity contribution in [3.05, 3.63) is 74.8 Å². The molecule has 0 fully saturated rings. The molecule has 22 heavy (non-hydrogen) atoms. The first-order valence-corrected chi connectivity index (χ1v) is 8.44. The first-order valence-electron chi connectivity index (χ1n) is 6.77. The lowest BCUT2D eigenvalue weighted by Gasteiger charge is -2.05. The van der Waals surface area contributed by atoms with Gasteiger partial charge in [-0.2, -0.15) is 5.10 Å². The second-order valence-corrected chi connectivity index (χ2v) is 6.26. The van der Waals surface area contributed by atoms with Gasteiger partial charge in [0.1, 0.15) is 0 Å². The minimum atomic E-state index is 0.859. The van der Waals surface area contributed by atoms with Crippen molar-refractivity contribution in [2.45, 2.75) is 0 Å². The Labute approximate surface area is 141 Å². The summed E-state index contributed by atoms with van der Waals surface area (Å²) >= 11 is 5.18. The summed E-state index contributed by atoms with van der Waals surface area (Å²) in [5.41, 5.74) is 3.17. The van der Waals surface area contributed by atoms with Crippen LogP contribution in [0.3, 0.4) is 0 Å². The van der Waals surface area contributed by atoms with Gasteiger partial charge >= 0.3 is 0 Å². The molecule has 0 spiro atoms. The third-order valence-electron chi connectivity index (χ3n) is 3.15. The maximum absolute atomic E-state index is 4.61. The summed E-state index contributed by atoms with van der Waals surface area (Å²) in [7, 11) is 1.78. The number of aromatic nitrogens is 1. The smallest absolute Gasteiger partial charge is 0.205 e. The molecule has 1 heterocycles. The van der Waals surface area contributed by atoms with E-state index in [2.05, 4.69) is 37.5 Å². The summed E-state index contributed by atoms with van der Waals surface area (Å²) in [6, 6.07) is 18.2. The van der Waals surface area contributed by atoms with E-state index in [0.29, 0.717) is 0 Å². The van der Waals surface area contributed by atoms with Gasteiger partial charge in [-0.15, -0.1) is 11.3 Å². The molecule has 0 aliphatic heterocycles. The average molecular weight is 372 g/mol. The molecule has 0 N–H and O–H groups in total. The summed E-state index contributed by atoms with van der Waals surface area (Å²) in [5, 5.41) is 6.69. The monoisotopic (exact) mass is 371 g/mol. The van der Waals surface area contributed by atoms with Crippen molar-refractivity contribution in [3.63, 3.8) is 0 Å². The Bertz CT molecular complexity index is 863. The van der Waals surface area contributed by atoms with E-state index in [4.69, 9.17) is 0 Å². The number of halogens is 1. The quantitative estimate of drug-likeness (QED) is 0.611. The molecule has 0 radical (unpaired) electrons. The van der Waals surface area contributed by atoms with Gasteiger partial charge in [0.25, 0.3) is 0 Å². The van der Waals surface area contributed by atoms with Crippen molar-refractivity contribution in [2.75, 3.05) is 7.05 Å². The van der Waals surface area contributed by atoms with Crippen LogP contribution in [0.15, 0.2) is 74.5 Å². The molecule has 3 rings (SSSR count). The van der Waals surface area contributed by atoms with Crippen LogP contribution in [-0.4, -0.2) is 17.9 Å². The minimum absolute atomic E-state index is 0.859. The lowest BCUT2D eigenvalue weighted by Crippen LogP contribution is -2.11. The molecule has 0 amide bonds. The molecular formula is C17H14BrN3S. The van der Waals surface area contributed by atoms with Crippen LogP contribution in [0.1, 0.15) is 5.56 Å². The van der Waals surface area contributed by atoms with Gasteiger partial charge in [-0.05, 0) is 11.6 Å². The van der Waals surface area contributed by atoms with Gasteiger partial charge < -0.3 is 0 Å². The maximum atomic E-state index is 4.61. The first-order chi connectivity index (χ1) is 10.8. The Balaban J connectivity index is 2.10. The van der Waals surface area contributed by atoms with Crippen molar-refractivity contribution in [1.29, 1.82) is 0 Å². The van der Waals surface area contributed by atoms with Gasteiger partial charge in [0.15, 0.2) is 0 Å². The van der Waals surface area contributed by atoms with Gasteiger partial charge in [0.05, 0.1) is 11.9 Å². The van der Waals surface area contributed by atoms with E-state index in [1.165, 1.54) is 0 Å². The second-order valence-electron chi connectivity index (χ2n) is 4.57. The fourth-order valence-corrected chi connectivity index (χ4v) is 3.36. The van der Waals surface area contributed by atoms with Crippen LogP contribution in [0.25, 0.3) is 11.3 Å². The molecule has 5 heteroatoms. The highest BCUT2D eigenvalue weighted by molar-refractivity contribution is 9.10. The Kier molecular flexibility index (Phi) is 4.65. The molecule has 110 valence electrons. The van der Waals surface area contributed by atoms with Crippen molar-refractivity contribution in [2.24, 2.45) is 10.1 Å². The summed E-state index contributed by atoms with van der Waals surface area (Å²) in [4.78, 5) is 5.17. The molecule has 2 aromatic carbocycles. The average Bonchev–Trinajstić information content (AvgIpc) is 2.97. The first kappa shape index (κ1) is 14.9. The third kappa shape index (κ3) is 3.10. The minimum Gasteiger partial charge on any atom is -0.261 e. The normalized spacial score (nSPS) is 12.2. The van der Waals surface area contributed by atoms with E-state index in [-0.39, 0.29) is 0 Å². The van der Waals surface area contributed by atoms with E-state index in [0.717, 1.165) is 26.1 Å². The Morgan fingerprint density at radius 2 is 1.77 bits per heavy atom. The van der Waals surface area contributed by atoms with Gasteiger partial charge in [0, 0.05) is 22.5 Å². The van der Waals surface area contributed by atoms with Crippen LogP contribution < -0.4 is 4.80 Å². The fourth-order valence-electron chi connectivity index (χ4n) is 2.08. The molecule has 0 unspecified atom stereocenters. The topological polar surface area (TPSA) is 29.6 Å². The lowest BCUT2D eigenvalue weighted by atomic mass is 10.2. The molecule has 3 nitrogen and oxygen atoms in total. The highest BCUT2D eigenvalue weighted by atomic mass is 79.9. The molecule has 0 atom stereocenters. The molecule has 0 aliphatic rings. The van der Waals surface area contributed by atoms with Gasteiger partial charge in [-0.3, -0.25) is 4.99 Å². The van der Waals surface area contributed by atoms with E-state index in [1.807, 2.05) is 59.4 Å². The predicted octanol–water partition coefficient (Wildman–Crippen LogP) is 4.39. The SMILES string of the molecule is CN=c1scc(-c2ccccc2Br)n1/N=C\c1ccccc1. The molecule has 0 saturated carbocycles. The Morgan fingerprint density at radius 3 is 2.50 bits per heavy atom. The van der Waals surface area contributed by atoms with Gasteiger partial charge in [-0.25, -0.2) is 4.68 Å². The highest BCUT2D eigenvalue weighted by Crippen LogP contribution is 2.28. The zero-order valence-electron chi connectivity index (χ0n) is 12.0. The standard InChI is InChI=1S/C17H14BrN3S/c1-19-17-21(20-11-13-7-3-2-4-8-13)16(12-22-17)14-9-5-6-10-15(14)18/h2-12H,1H3/b19-17?,20-11-. The van der Waals surface area contributed by atoms with Crippen LogP contribution in [0, 0.1) is 0 Å². The largest absolute Gasteiger partial charge is 0.261 e. The number of rotatable bonds is 3. The molecule has 0 saturated heterocycles. The molecule has 0 bridgehead atoms. The molecule has 3 aromatic rings. The second kappa shape index (κ2) is 6.85. The number of hydrogen-bond acceptors (Lipinski definition) is 3. The van der Waals surface area contributed by atoms with E-state index in [9.17, 15) is 0 Å². The van der Waals surface area contributed by atoms with Crippen molar-refractivity contribution < 1.29 is 0 Å². The van der Waals surface area contributed by atoms with Crippen LogP contribution in [0.5, 0.6) is 0 Å². The van der Waals surface area contributed by atoms with Crippen molar-refractivity contribution in [1.82, 2.24) is 4.68 Å². The van der Waals surface area contributed by atoms with E-state index >= 15 is 0 Å². The zero-order valence-corrected chi connectivity index (χ0v) is 14.4. The predicted molar refractivity (Wildman–Crippen MR) is 96.4 cm³/mol. The number of nitrogens with zero attached hydrogens (tertiary/aromatic N) is 3. The number of hydrogen-bond donors (Lipinski definition) is 0. The number of thiazole rings is 1. The maximum Gasteiger partial charge on any atom is 0.205 e. The highest BCUT2D eigenvalue weighted by Gasteiger charge is 2.09. The van der Waals surface area contributed by atoms with Crippen molar-refractivity contribution >= 4 is 33.5 Å². The van der Waals surface area contributed by atoms with Crippen LogP contribution in [-0.2, 0) is 0 Å². The van der Waals surface area contributed by atoms with Crippen molar-refractivity contribution in [3.8, 4) is 11.3 Å². The number of benzene rings is 2.